The standard InChI is InChI=1S/C26H32N4O2S.2ClH/c1-3-32-23-12-6-18(19-7-13-25(27)29-16-19)15-20(23)17-30(26(31)24-5-4-14-33-24)22-10-8-21(28-2)9-11-22;;/h4-7,12-16,21-22,28H,3,8-11,17H2,1-2H3,(H2,27,29);2*1H. The van der Waals surface area contributed by atoms with E-state index in [2.05, 4.69) is 21.3 Å². The second kappa shape index (κ2) is 13.7. The summed E-state index contributed by atoms with van der Waals surface area (Å²) >= 11 is 1.50. The van der Waals surface area contributed by atoms with Crippen LogP contribution in [0.15, 0.2) is 54.0 Å². The Morgan fingerprint density at radius 1 is 1.14 bits per heavy atom. The van der Waals surface area contributed by atoms with Crippen LogP contribution in [-0.2, 0) is 6.54 Å². The van der Waals surface area contributed by atoms with Crippen LogP contribution in [0.3, 0.4) is 0 Å². The maximum Gasteiger partial charge on any atom is 0.264 e. The van der Waals surface area contributed by atoms with Crippen LogP contribution in [0.25, 0.3) is 11.1 Å². The third-order valence-electron chi connectivity index (χ3n) is 6.36. The first-order chi connectivity index (χ1) is 16.1. The van der Waals surface area contributed by atoms with Crippen molar-refractivity contribution in [1.29, 1.82) is 0 Å². The van der Waals surface area contributed by atoms with E-state index < -0.39 is 0 Å². The number of rotatable bonds is 8. The highest BCUT2D eigenvalue weighted by atomic mass is 35.5. The zero-order chi connectivity index (χ0) is 23.2. The lowest BCUT2D eigenvalue weighted by Crippen LogP contribution is -2.44. The summed E-state index contributed by atoms with van der Waals surface area (Å²) in [5.74, 6) is 1.41. The molecule has 6 nitrogen and oxygen atoms in total. The molecule has 3 N–H and O–H groups in total. The van der Waals surface area contributed by atoms with Gasteiger partial charge >= 0.3 is 0 Å². The van der Waals surface area contributed by atoms with E-state index in [1.165, 1.54) is 11.3 Å². The Labute approximate surface area is 224 Å². The summed E-state index contributed by atoms with van der Waals surface area (Å²) in [7, 11) is 2.02. The number of aromatic nitrogens is 1. The van der Waals surface area contributed by atoms with Crippen LogP contribution < -0.4 is 15.8 Å². The van der Waals surface area contributed by atoms with E-state index in [9.17, 15) is 4.79 Å². The predicted molar refractivity (Wildman–Crippen MR) is 149 cm³/mol. The summed E-state index contributed by atoms with van der Waals surface area (Å²) in [6, 6.07) is 14.5. The molecule has 0 bridgehead atoms. The molecule has 1 aliphatic rings. The maximum absolute atomic E-state index is 13.6. The van der Waals surface area contributed by atoms with Gasteiger partial charge in [0.2, 0.25) is 0 Å². The highest BCUT2D eigenvalue weighted by molar-refractivity contribution is 7.12. The predicted octanol–water partition coefficient (Wildman–Crippen LogP) is 5.81. The third kappa shape index (κ3) is 7.10. The summed E-state index contributed by atoms with van der Waals surface area (Å²) in [5, 5.41) is 5.35. The van der Waals surface area contributed by atoms with E-state index in [0.717, 1.165) is 53.0 Å². The molecule has 0 radical (unpaired) electrons. The number of pyridine rings is 1. The highest BCUT2D eigenvalue weighted by Crippen LogP contribution is 2.32. The number of nitrogens with zero attached hydrogens (tertiary/aromatic N) is 2. The van der Waals surface area contributed by atoms with Gasteiger partial charge in [0.15, 0.2) is 0 Å². The zero-order valence-electron chi connectivity index (χ0n) is 20.1. The van der Waals surface area contributed by atoms with Crippen LogP contribution in [-0.4, -0.2) is 41.5 Å². The first-order valence-corrected chi connectivity index (χ1v) is 12.5. The van der Waals surface area contributed by atoms with Crippen LogP contribution in [0.4, 0.5) is 5.82 Å². The van der Waals surface area contributed by atoms with Crippen LogP contribution >= 0.6 is 36.2 Å². The lowest BCUT2D eigenvalue weighted by atomic mass is 9.89. The molecule has 2 heterocycles. The molecule has 3 aromatic rings. The van der Waals surface area contributed by atoms with Crippen molar-refractivity contribution in [3.05, 3.63) is 64.5 Å². The number of nitrogen functional groups attached to an aromatic ring is 1. The van der Waals surface area contributed by atoms with Crippen molar-refractivity contribution in [2.45, 2.75) is 51.2 Å². The SMILES string of the molecule is CCOc1ccc(-c2ccc(N)nc2)cc1CN(C(=O)c1cccs1)C1CCC(NC)CC1.Cl.Cl. The van der Waals surface area contributed by atoms with Gasteiger partial charge < -0.3 is 20.7 Å². The van der Waals surface area contributed by atoms with Crippen molar-refractivity contribution >= 4 is 47.9 Å². The van der Waals surface area contributed by atoms with Crippen molar-refractivity contribution in [2.24, 2.45) is 0 Å². The van der Waals surface area contributed by atoms with Gasteiger partial charge in [-0.3, -0.25) is 4.79 Å². The molecule has 4 rings (SSSR count). The molecular formula is C26H34Cl2N4O2S. The average Bonchev–Trinajstić information content (AvgIpc) is 3.39. The van der Waals surface area contributed by atoms with Crippen LogP contribution in [0.5, 0.6) is 5.75 Å². The molecule has 0 spiro atoms. The third-order valence-corrected chi connectivity index (χ3v) is 7.22. The van der Waals surface area contributed by atoms with Gasteiger partial charge in [-0.05, 0) is 80.9 Å². The molecule has 0 saturated heterocycles. The van der Waals surface area contributed by atoms with E-state index in [1.807, 2.05) is 49.7 Å². The summed E-state index contributed by atoms with van der Waals surface area (Å²) < 4.78 is 5.96. The van der Waals surface area contributed by atoms with Gasteiger partial charge in [0.05, 0.1) is 11.5 Å². The molecule has 190 valence electrons. The smallest absolute Gasteiger partial charge is 0.264 e. The molecular weight excluding hydrogens is 503 g/mol. The van der Waals surface area contributed by atoms with E-state index in [-0.39, 0.29) is 36.8 Å². The number of carbonyl (C=O) groups excluding carboxylic acids is 1. The average molecular weight is 538 g/mol. The number of amides is 1. The fraction of sp³-hybridized carbons (Fsp3) is 0.385. The molecule has 1 aliphatic carbocycles. The maximum atomic E-state index is 13.6. The lowest BCUT2D eigenvalue weighted by molar-refractivity contribution is 0.0604. The number of halogens is 2. The minimum Gasteiger partial charge on any atom is -0.494 e. The topological polar surface area (TPSA) is 80.5 Å². The van der Waals surface area contributed by atoms with Crippen molar-refractivity contribution in [3.8, 4) is 16.9 Å². The normalized spacial score (nSPS) is 17.1. The molecule has 2 aromatic heterocycles. The van der Waals surface area contributed by atoms with Gasteiger partial charge in [-0.25, -0.2) is 4.98 Å². The van der Waals surface area contributed by atoms with Crippen molar-refractivity contribution in [3.63, 3.8) is 0 Å². The largest absolute Gasteiger partial charge is 0.494 e. The molecule has 0 atom stereocenters. The second-order valence-electron chi connectivity index (χ2n) is 8.43. The number of carbonyl (C=O) groups is 1. The molecule has 1 aromatic carbocycles. The molecule has 9 heteroatoms. The lowest BCUT2D eigenvalue weighted by Gasteiger charge is -2.37. The van der Waals surface area contributed by atoms with E-state index >= 15 is 0 Å². The Hall–Kier alpha value is -2.32. The Balaban J connectivity index is 0.00000216. The van der Waals surface area contributed by atoms with Crippen molar-refractivity contribution in [2.75, 3.05) is 19.4 Å². The molecule has 1 fully saturated rings. The number of benzene rings is 1. The molecule has 1 saturated carbocycles. The van der Waals surface area contributed by atoms with Gasteiger partial charge in [0.1, 0.15) is 11.6 Å². The van der Waals surface area contributed by atoms with Gasteiger partial charge in [-0.1, -0.05) is 12.1 Å². The number of nitrogens with one attached hydrogen (secondary N) is 1. The fourth-order valence-corrected chi connectivity index (χ4v) is 5.20. The van der Waals surface area contributed by atoms with Gasteiger partial charge in [-0.15, -0.1) is 36.2 Å². The van der Waals surface area contributed by atoms with Crippen LogP contribution in [0, 0.1) is 0 Å². The Morgan fingerprint density at radius 3 is 2.49 bits per heavy atom. The summed E-state index contributed by atoms with van der Waals surface area (Å²) in [5.41, 5.74) is 8.79. The number of ether oxygens (including phenoxy) is 1. The number of hydrogen-bond acceptors (Lipinski definition) is 6. The quantitative estimate of drug-likeness (QED) is 0.379. The number of hydrogen-bond donors (Lipinski definition) is 2. The molecule has 35 heavy (non-hydrogen) atoms. The van der Waals surface area contributed by atoms with E-state index in [0.29, 0.717) is 25.0 Å². The fourth-order valence-electron chi connectivity index (χ4n) is 4.52. The minimum atomic E-state index is 0. The highest BCUT2D eigenvalue weighted by Gasteiger charge is 2.30. The minimum absolute atomic E-state index is 0. The van der Waals surface area contributed by atoms with E-state index in [1.54, 1.807) is 12.3 Å². The molecule has 0 aliphatic heterocycles. The van der Waals surface area contributed by atoms with Gasteiger partial charge in [-0.2, -0.15) is 0 Å². The van der Waals surface area contributed by atoms with E-state index in [4.69, 9.17) is 10.5 Å². The van der Waals surface area contributed by atoms with Gasteiger partial charge in [0, 0.05) is 36.0 Å². The van der Waals surface area contributed by atoms with Crippen LogP contribution in [0.1, 0.15) is 47.8 Å². The summed E-state index contributed by atoms with van der Waals surface area (Å²) in [4.78, 5) is 20.6. The first kappa shape index (κ1) is 28.9. The Morgan fingerprint density at radius 2 is 1.89 bits per heavy atom. The summed E-state index contributed by atoms with van der Waals surface area (Å²) in [6.45, 7) is 3.06. The number of nitrogens with two attached hydrogens (primary N) is 1. The Kier molecular flexibility index (Phi) is 11.3. The van der Waals surface area contributed by atoms with Crippen molar-refractivity contribution in [1.82, 2.24) is 15.2 Å². The summed E-state index contributed by atoms with van der Waals surface area (Å²) in [6.07, 6.45) is 5.92. The van der Waals surface area contributed by atoms with Crippen molar-refractivity contribution < 1.29 is 9.53 Å². The molecule has 0 unspecified atom stereocenters. The first-order valence-electron chi connectivity index (χ1n) is 11.6. The zero-order valence-corrected chi connectivity index (χ0v) is 22.6. The Bertz CT molecular complexity index is 1060. The monoisotopic (exact) mass is 536 g/mol. The molecule has 1 amide bonds. The van der Waals surface area contributed by atoms with Gasteiger partial charge in [0.25, 0.3) is 5.91 Å². The van der Waals surface area contributed by atoms with Crippen LogP contribution in [0.2, 0.25) is 0 Å². The second-order valence-corrected chi connectivity index (χ2v) is 9.38. The number of thiophene rings is 1. The number of anilines is 1.